The highest BCUT2D eigenvalue weighted by molar-refractivity contribution is 7.99. The van der Waals surface area contributed by atoms with Crippen LogP contribution in [0.15, 0.2) is 52.9 Å². The van der Waals surface area contributed by atoms with E-state index < -0.39 is 11.7 Å². The smallest absolute Gasteiger partial charge is 0.288 e. The molecule has 0 aliphatic rings. The third kappa shape index (κ3) is 5.22. The summed E-state index contributed by atoms with van der Waals surface area (Å²) >= 11 is 0.401. The Kier molecular flexibility index (Phi) is 6.58. The molecule has 2 aromatic rings. The molecule has 0 saturated carbocycles. The minimum absolute atomic E-state index is 0.0608. The van der Waals surface area contributed by atoms with Gasteiger partial charge in [0.2, 0.25) is 0 Å². The van der Waals surface area contributed by atoms with Crippen molar-refractivity contribution in [3.05, 3.63) is 53.6 Å². The van der Waals surface area contributed by atoms with Crippen molar-refractivity contribution >= 4 is 29.4 Å². The fourth-order valence-electron chi connectivity index (χ4n) is 2.02. The predicted molar refractivity (Wildman–Crippen MR) is 95.2 cm³/mol. The Balaban J connectivity index is 2.14. The van der Waals surface area contributed by atoms with Crippen molar-refractivity contribution in [1.82, 2.24) is 0 Å². The third-order valence-electron chi connectivity index (χ3n) is 3.22. The van der Waals surface area contributed by atoms with Gasteiger partial charge < -0.3 is 15.2 Å². The summed E-state index contributed by atoms with van der Waals surface area (Å²) in [6.45, 7) is 0. The third-order valence-corrected chi connectivity index (χ3v) is 3.94. The molecule has 0 heterocycles. The average molecular weight is 376 g/mol. The number of phenols is 1. The van der Waals surface area contributed by atoms with Gasteiger partial charge in [0.05, 0.1) is 7.11 Å². The van der Waals surface area contributed by atoms with Crippen LogP contribution < -0.4 is 10.1 Å². The van der Waals surface area contributed by atoms with Crippen molar-refractivity contribution in [2.24, 2.45) is 0 Å². The monoisotopic (exact) mass is 376 g/mol. The standard InChI is InChI=1S/C18H14F2N2O3S/c1-25-16-9-11(2-7-15(16)23)8-12(10-21)17(24)22-13-3-5-14(6-4-13)26-18(19)20/h2-9,18,23H,1H3,(H,22,24). The summed E-state index contributed by atoms with van der Waals surface area (Å²) in [6.07, 6.45) is 1.35. The summed E-state index contributed by atoms with van der Waals surface area (Å²) in [7, 11) is 1.39. The lowest BCUT2D eigenvalue weighted by Crippen LogP contribution is -2.13. The predicted octanol–water partition coefficient (Wildman–Crippen LogP) is 4.26. The van der Waals surface area contributed by atoms with Gasteiger partial charge in [-0.15, -0.1) is 0 Å². The van der Waals surface area contributed by atoms with Crippen molar-refractivity contribution in [1.29, 1.82) is 5.26 Å². The number of benzene rings is 2. The van der Waals surface area contributed by atoms with Gasteiger partial charge >= 0.3 is 0 Å². The second-order valence-corrected chi connectivity index (χ2v) is 6.02. The zero-order valence-electron chi connectivity index (χ0n) is 13.6. The summed E-state index contributed by atoms with van der Waals surface area (Å²) in [5.74, 6) is -3.02. The maximum absolute atomic E-state index is 12.3. The normalized spacial score (nSPS) is 11.1. The van der Waals surface area contributed by atoms with E-state index in [1.54, 1.807) is 6.07 Å². The number of methoxy groups -OCH3 is 1. The van der Waals surface area contributed by atoms with Crippen molar-refractivity contribution < 1.29 is 23.4 Å². The molecule has 0 saturated heterocycles. The number of thioether (sulfide) groups is 1. The molecule has 0 radical (unpaired) electrons. The summed E-state index contributed by atoms with van der Waals surface area (Å²) in [6, 6.07) is 12.0. The number of halogens is 2. The lowest BCUT2D eigenvalue weighted by Gasteiger charge is -2.07. The number of aromatic hydroxyl groups is 1. The van der Waals surface area contributed by atoms with E-state index in [1.807, 2.05) is 0 Å². The SMILES string of the molecule is COc1cc(C=C(C#N)C(=O)Nc2ccc(SC(F)F)cc2)ccc1O. The topological polar surface area (TPSA) is 82.3 Å². The number of hydrogen-bond donors (Lipinski definition) is 2. The molecular formula is C18H14F2N2O3S. The van der Waals surface area contributed by atoms with E-state index in [1.165, 1.54) is 55.7 Å². The fourth-order valence-corrected chi connectivity index (χ4v) is 2.52. The average Bonchev–Trinajstić information content (AvgIpc) is 2.62. The van der Waals surface area contributed by atoms with Crippen molar-refractivity contribution in [2.45, 2.75) is 10.7 Å². The Hall–Kier alpha value is -3.05. The summed E-state index contributed by atoms with van der Waals surface area (Å²) in [5.41, 5.74) is 0.705. The molecule has 0 atom stereocenters. The van der Waals surface area contributed by atoms with Crippen LogP contribution in [0.4, 0.5) is 14.5 Å². The number of ether oxygens (including phenoxy) is 1. The lowest BCUT2D eigenvalue weighted by atomic mass is 10.1. The van der Waals surface area contributed by atoms with Gasteiger partial charge in [-0.25, -0.2) is 0 Å². The molecule has 0 aliphatic heterocycles. The summed E-state index contributed by atoms with van der Waals surface area (Å²) in [4.78, 5) is 12.6. The van der Waals surface area contributed by atoms with Crippen LogP contribution in [0, 0.1) is 11.3 Å². The molecule has 1 amide bonds. The molecule has 8 heteroatoms. The highest BCUT2D eigenvalue weighted by atomic mass is 32.2. The van der Waals surface area contributed by atoms with E-state index >= 15 is 0 Å². The highest BCUT2D eigenvalue weighted by Crippen LogP contribution is 2.28. The molecule has 0 aromatic heterocycles. The number of anilines is 1. The number of carbonyl (C=O) groups is 1. The van der Waals surface area contributed by atoms with Gasteiger partial charge in [0.25, 0.3) is 11.7 Å². The number of amides is 1. The Bertz CT molecular complexity index is 862. The molecule has 0 bridgehead atoms. The van der Waals surface area contributed by atoms with Gasteiger partial charge in [0, 0.05) is 10.6 Å². The zero-order chi connectivity index (χ0) is 19.1. The Morgan fingerprint density at radius 3 is 2.58 bits per heavy atom. The number of hydrogen-bond acceptors (Lipinski definition) is 5. The maximum atomic E-state index is 12.3. The zero-order valence-corrected chi connectivity index (χ0v) is 14.4. The van der Waals surface area contributed by atoms with Gasteiger partial charge in [0.15, 0.2) is 11.5 Å². The maximum Gasteiger partial charge on any atom is 0.288 e. The van der Waals surface area contributed by atoms with Crippen LogP contribution in [0.1, 0.15) is 5.56 Å². The molecule has 0 fully saturated rings. The van der Waals surface area contributed by atoms with Crippen molar-refractivity contribution in [3.8, 4) is 17.6 Å². The molecule has 2 N–H and O–H groups in total. The second-order valence-electron chi connectivity index (χ2n) is 4.96. The molecular weight excluding hydrogens is 362 g/mol. The van der Waals surface area contributed by atoms with Crippen LogP contribution in [0.5, 0.6) is 11.5 Å². The van der Waals surface area contributed by atoms with E-state index in [0.29, 0.717) is 27.9 Å². The van der Waals surface area contributed by atoms with E-state index in [-0.39, 0.29) is 17.1 Å². The van der Waals surface area contributed by atoms with Crippen LogP contribution in [0.2, 0.25) is 0 Å². The molecule has 2 aromatic carbocycles. The fraction of sp³-hybridized carbons (Fsp3) is 0.111. The van der Waals surface area contributed by atoms with E-state index in [2.05, 4.69) is 5.32 Å². The minimum Gasteiger partial charge on any atom is -0.504 e. The van der Waals surface area contributed by atoms with Gasteiger partial charge in [-0.05, 0) is 48.0 Å². The van der Waals surface area contributed by atoms with E-state index in [4.69, 9.17) is 4.74 Å². The number of carbonyl (C=O) groups excluding carboxylic acids is 1. The van der Waals surface area contributed by atoms with Crippen LogP contribution in [0.25, 0.3) is 6.08 Å². The molecule has 5 nitrogen and oxygen atoms in total. The van der Waals surface area contributed by atoms with Gasteiger partial charge in [-0.1, -0.05) is 17.8 Å². The van der Waals surface area contributed by atoms with Crippen LogP contribution >= 0.6 is 11.8 Å². The number of nitrogens with one attached hydrogen (secondary N) is 1. The lowest BCUT2D eigenvalue weighted by molar-refractivity contribution is -0.112. The van der Waals surface area contributed by atoms with Crippen molar-refractivity contribution in [2.75, 3.05) is 12.4 Å². The molecule has 26 heavy (non-hydrogen) atoms. The highest BCUT2D eigenvalue weighted by Gasteiger charge is 2.11. The Morgan fingerprint density at radius 2 is 2.00 bits per heavy atom. The first-order chi connectivity index (χ1) is 12.4. The first-order valence-corrected chi connectivity index (χ1v) is 8.16. The van der Waals surface area contributed by atoms with Gasteiger partial charge in [0.1, 0.15) is 11.6 Å². The van der Waals surface area contributed by atoms with Crippen LogP contribution in [0.3, 0.4) is 0 Å². The number of phenolic OH excluding ortho intramolecular Hbond substituents is 1. The summed E-state index contributed by atoms with van der Waals surface area (Å²) in [5, 5.41) is 21.3. The quantitative estimate of drug-likeness (QED) is 0.447. The molecule has 0 aliphatic carbocycles. The van der Waals surface area contributed by atoms with E-state index in [9.17, 15) is 23.9 Å². The van der Waals surface area contributed by atoms with Gasteiger partial charge in [-0.2, -0.15) is 14.0 Å². The number of alkyl halides is 2. The van der Waals surface area contributed by atoms with Crippen LogP contribution in [-0.2, 0) is 4.79 Å². The first kappa shape index (κ1) is 19.3. The largest absolute Gasteiger partial charge is 0.504 e. The van der Waals surface area contributed by atoms with Gasteiger partial charge in [-0.3, -0.25) is 4.79 Å². The van der Waals surface area contributed by atoms with E-state index in [0.717, 1.165) is 0 Å². The number of rotatable bonds is 6. The molecule has 0 spiro atoms. The van der Waals surface area contributed by atoms with Crippen LogP contribution in [-0.4, -0.2) is 23.9 Å². The molecule has 2 rings (SSSR count). The molecule has 134 valence electrons. The number of nitrogens with zero attached hydrogens (tertiary/aromatic N) is 1. The first-order valence-electron chi connectivity index (χ1n) is 7.28. The number of nitriles is 1. The Morgan fingerprint density at radius 1 is 1.31 bits per heavy atom. The molecule has 0 unspecified atom stereocenters. The van der Waals surface area contributed by atoms with Crippen molar-refractivity contribution in [3.63, 3.8) is 0 Å². The summed E-state index contributed by atoms with van der Waals surface area (Å²) < 4.78 is 29.6. The second kappa shape index (κ2) is 8.87. The Labute approximate surface area is 152 Å². The minimum atomic E-state index is -2.52.